The van der Waals surface area contributed by atoms with Crippen LogP contribution in [0, 0.1) is 0 Å². The molecular formula is C43H45N7O4. The summed E-state index contributed by atoms with van der Waals surface area (Å²) in [5.41, 5.74) is 7.10. The van der Waals surface area contributed by atoms with Crippen molar-refractivity contribution >= 4 is 46.3 Å². The van der Waals surface area contributed by atoms with Crippen LogP contribution in [0.15, 0.2) is 128 Å². The summed E-state index contributed by atoms with van der Waals surface area (Å²) in [6.45, 7) is 8.16. The first-order valence-corrected chi connectivity index (χ1v) is 17.9. The number of fused-ring (bicyclic) bond motifs is 2. The zero-order chi connectivity index (χ0) is 38.5. The van der Waals surface area contributed by atoms with E-state index in [9.17, 15) is 9.59 Å². The highest BCUT2D eigenvalue weighted by molar-refractivity contribution is 5.99. The summed E-state index contributed by atoms with van der Waals surface area (Å²) < 4.78 is 10.9. The lowest BCUT2D eigenvalue weighted by Crippen LogP contribution is -2.35. The van der Waals surface area contributed by atoms with Gasteiger partial charge in [-0.2, -0.15) is 0 Å². The number of nitrogens with zero attached hydrogens (tertiary/aromatic N) is 5. The normalized spacial score (nSPS) is 12.4. The number of anilines is 6. The molecule has 8 rings (SSSR count). The van der Waals surface area contributed by atoms with E-state index in [1.807, 2.05) is 143 Å². The highest BCUT2D eigenvalue weighted by atomic mass is 16.5. The van der Waals surface area contributed by atoms with Crippen LogP contribution in [0.25, 0.3) is 22.4 Å². The smallest absolute Gasteiger partial charge is 0.264 e. The third-order valence-electron chi connectivity index (χ3n) is 8.21. The lowest BCUT2D eigenvalue weighted by Gasteiger charge is -2.26. The summed E-state index contributed by atoms with van der Waals surface area (Å²) in [5, 5.41) is 6.47. The van der Waals surface area contributed by atoms with Gasteiger partial charge in [0.05, 0.1) is 17.1 Å². The van der Waals surface area contributed by atoms with Crippen molar-refractivity contribution in [1.82, 2.24) is 15.0 Å². The molecule has 0 bridgehead atoms. The van der Waals surface area contributed by atoms with E-state index in [2.05, 4.69) is 25.6 Å². The van der Waals surface area contributed by atoms with Crippen molar-refractivity contribution in [3.8, 4) is 33.9 Å². The van der Waals surface area contributed by atoms with Gasteiger partial charge in [0.2, 0.25) is 5.95 Å². The van der Waals surface area contributed by atoms with Crippen LogP contribution in [0.1, 0.15) is 27.7 Å². The van der Waals surface area contributed by atoms with E-state index in [-0.39, 0.29) is 25.0 Å². The number of likely N-dealkylation sites (N-methyl/N-ethyl adjacent to an activating group) is 2. The van der Waals surface area contributed by atoms with Crippen LogP contribution in [-0.4, -0.2) is 54.1 Å². The molecule has 2 aliphatic rings. The Kier molecular flexibility index (Phi) is 13.3. The molecule has 0 fully saturated rings. The maximum absolute atomic E-state index is 11.8. The third kappa shape index (κ3) is 9.37. The number of rotatable bonds is 6. The average Bonchev–Trinajstić information content (AvgIpc) is 3.23. The number of hydrogen-bond acceptors (Lipinski definition) is 9. The zero-order valence-corrected chi connectivity index (χ0v) is 31.4. The highest BCUT2D eigenvalue weighted by Crippen LogP contribution is 2.37. The minimum absolute atomic E-state index is 0.0502. The first-order chi connectivity index (χ1) is 26.4. The SMILES string of the molecule is CC.CC.CN1C(=O)COc2ccc(-c3ccnc(Nc4ccccc4)c3)cc21.CN1C(=O)COc2ccc(-c3ccnc(Nc4ccccc4)n3)cc21. The molecule has 0 atom stereocenters. The summed E-state index contributed by atoms with van der Waals surface area (Å²) >= 11 is 0. The Hall–Kier alpha value is -6.75. The minimum atomic E-state index is -0.0706. The van der Waals surface area contributed by atoms with Gasteiger partial charge in [-0.25, -0.2) is 15.0 Å². The maximum Gasteiger partial charge on any atom is 0.264 e. The van der Waals surface area contributed by atoms with E-state index in [4.69, 9.17) is 9.47 Å². The van der Waals surface area contributed by atoms with Crippen molar-refractivity contribution < 1.29 is 19.1 Å². The summed E-state index contributed by atoms with van der Waals surface area (Å²) in [7, 11) is 3.51. The number of hydrogen-bond donors (Lipinski definition) is 2. The van der Waals surface area contributed by atoms with Gasteiger partial charge in [-0.1, -0.05) is 70.2 Å². The van der Waals surface area contributed by atoms with Crippen molar-refractivity contribution in [2.45, 2.75) is 27.7 Å². The van der Waals surface area contributed by atoms with Crippen LogP contribution in [0.3, 0.4) is 0 Å². The van der Waals surface area contributed by atoms with Gasteiger partial charge in [-0.15, -0.1) is 0 Å². The van der Waals surface area contributed by atoms with Crippen LogP contribution >= 0.6 is 0 Å². The Morgan fingerprint density at radius 1 is 0.556 bits per heavy atom. The van der Waals surface area contributed by atoms with E-state index in [0.717, 1.165) is 56.7 Å². The molecule has 0 aliphatic carbocycles. The number of amides is 2. The molecule has 276 valence electrons. The first kappa shape index (κ1) is 38.5. The van der Waals surface area contributed by atoms with Crippen molar-refractivity contribution in [2.24, 2.45) is 0 Å². The van der Waals surface area contributed by atoms with Gasteiger partial charge in [-0.05, 0) is 83.9 Å². The fourth-order valence-electron chi connectivity index (χ4n) is 5.46. The second-order valence-corrected chi connectivity index (χ2v) is 11.5. The molecule has 11 heteroatoms. The highest BCUT2D eigenvalue weighted by Gasteiger charge is 2.24. The molecule has 0 radical (unpaired) electrons. The standard InChI is InChI=1S/C20H17N3O2.C19H16N4O2.2C2H6/c1-23-17-11-14(7-8-18(17)25-13-20(23)24)15-9-10-21-19(12-15)22-16-5-3-2-4-6-16;1-23-16-11-13(7-8-17(16)25-12-18(23)24)15-9-10-20-19(22-15)21-14-5-3-2-4-6-14;2*1-2/h2-12H,13H2,1H3,(H,21,22);2-11H,12H2,1H3,(H,20,21,22);2*1-2H3. The lowest BCUT2D eigenvalue weighted by atomic mass is 10.0. The number of carbonyl (C=O) groups excluding carboxylic acids is 2. The molecule has 11 nitrogen and oxygen atoms in total. The molecule has 54 heavy (non-hydrogen) atoms. The molecule has 2 aromatic heterocycles. The van der Waals surface area contributed by atoms with Gasteiger partial charge >= 0.3 is 0 Å². The molecule has 0 saturated carbocycles. The molecule has 0 saturated heterocycles. The molecule has 0 spiro atoms. The largest absolute Gasteiger partial charge is 0.482 e. The number of nitrogens with one attached hydrogen (secondary N) is 2. The molecule has 2 N–H and O–H groups in total. The van der Waals surface area contributed by atoms with Crippen LogP contribution in [-0.2, 0) is 9.59 Å². The summed E-state index contributed by atoms with van der Waals surface area (Å²) in [4.78, 5) is 40.1. The number of carbonyl (C=O) groups is 2. The van der Waals surface area contributed by atoms with Crippen molar-refractivity contribution in [3.63, 3.8) is 0 Å². The number of benzene rings is 4. The number of para-hydroxylation sites is 2. The average molecular weight is 724 g/mol. The molecule has 2 amide bonds. The molecule has 0 unspecified atom stereocenters. The number of ether oxygens (including phenoxy) is 2. The summed E-state index contributed by atoms with van der Waals surface area (Å²) in [6.07, 6.45) is 3.48. The minimum Gasteiger partial charge on any atom is -0.482 e. The fourth-order valence-corrected chi connectivity index (χ4v) is 5.46. The number of aromatic nitrogens is 3. The second kappa shape index (κ2) is 18.7. The summed E-state index contributed by atoms with van der Waals surface area (Å²) in [6, 6.07) is 37.0. The van der Waals surface area contributed by atoms with Crippen LogP contribution in [0.2, 0.25) is 0 Å². The van der Waals surface area contributed by atoms with Crippen LogP contribution in [0.5, 0.6) is 11.5 Å². The lowest BCUT2D eigenvalue weighted by molar-refractivity contribution is -0.121. The van der Waals surface area contributed by atoms with E-state index >= 15 is 0 Å². The van der Waals surface area contributed by atoms with Gasteiger partial charge < -0.3 is 29.9 Å². The Balaban J connectivity index is 0.000000190. The van der Waals surface area contributed by atoms with E-state index in [0.29, 0.717) is 11.7 Å². The summed E-state index contributed by atoms with van der Waals surface area (Å²) in [5.74, 6) is 2.58. The fraction of sp³-hybridized carbons (Fsp3) is 0.186. The monoisotopic (exact) mass is 723 g/mol. The Morgan fingerprint density at radius 2 is 1.06 bits per heavy atom. The van der Waals surface area contributed by atoms with Gasteiger partial charge in [0, 0.05) is 43.4 Å². The van der Waals surface area contributed by atoms with Crippen LogP contribution in [0.4, 0.5) is 34.5 Å². The van der Waals surface area contributed by atoms with Gasteiger partial charge in [0.25, 0.3) is 11.8 Å². The molecule has 2 aliphatic heterocycles. The molecule has 4 aromatic carbocycles. The first-order valence-electron chi connectivity index (χ1n) is 17.9. The van der Waals surface area contributed by atoms with Crippen molar-refractivity contribution in [3.05, 3.63) is 128 Å². The van der Waals surface area contributed by atoms with E-state index in [1.54, 1.807) is 36.3 Å². The molecular weight excluding hydrogens is 679 g/mol. The van der Waals surface area contributed by atoms with Crippen LogP contribution < -0.4 is 29.9 Å². The van der Waals surface area contributed by atoms with Crippen molar-refractivity contribution in [1.29, 1.82) is 0 Å². The third-order valence-corrected chi connectivity index (χ3v) is 8.21. The van der Waals surface area contributed by atoms with Crippen molar-refractivity contribution in [2.75, 3.05) is 47.7 Å². The topological polar surface area (TPSA) is 122 Å². The van der Waals surface area contributed by atoms with E-state index < -0.39 is 0 Å². The second-order valence-electron chi connectivity index (χ2n) is 11.5. The zero-order valence-electron chi connectivity index (χ0n) is 31.4. The quantitative estimate of drug-likeness (QED) is 0.173. The Morgan fingerprint density at radius 3 is 1.65 bits per heavy atom. The Bertz CT molecular complexity index is 2010. The van der Waals surface area contributed by atoms with Gasteiger partial charge in [0.1, 0.15) is 17.3 Å². The molecule has 4 heterocycles. The van der Waals surface area contributed by atoms with Gasteiger partial charge in [-0.3, -0.25) is 9.59 Å². The van der Waals surface area contributed by atoms with Gasteiger partial charge in [0.15, 0.2) is 13.2 Å². The maximum atomic E-state index is 11.8. The van der Waals surface area contributed by atoms with E-state index in [1.165, 1.54) is 0 Å². The number of pyridine rings is 1. The predicted molar refractivity (Wildman–Crippen MR) is 217 cm³/mol. The molecule has 6 aromatic rings. The predicted octanol–water partition coefficient (Wildman–Crippen LogP) is 9.14. The Labute approximate surface area is 316 Å².